The van der Waals surface area contributed by atoms with Gasteiger partial charge in [-0.1, -0.05) is 19.4 Å². The van der Waals surface area contributed by atoms with Crippen LogP contribution < -0.4 is 5.73 Å². The van der Waals surface area contributed by atoms with Gasteiger partial charge in [0.2, 0.25) is 0 Å². The van der Waals surface area contributed by atoms with Crippen molar-refractivity contribution in [1.82, 2.24) is 4.98 Å². The van der Waals surface area contributed by atoms with Crippen molar-refractivity contribution in [3.05, 3.63) is 29.6 Å². The normalized spacial score (nSPS) is 30.7. The van der Waals surface area contributed by atoms with E-state index in [4.69, 9.17) is 5.73 Å². The maximum atomic E-state index is 6.48. The average Bonchev–Trinajstić information content (AvgIpc) is 2.62. The van der Waals surface area contributed by atoms with E-state index in [1.54, 1.807) is 0 Å². The summed E-state index contributed by atoms with van der Waals surface area (Å²) in [5.74, 6) is 0.801. The standard InChI is InChI=1S/C13H20N2/c1-3-11-4-5-13(14,7-11)12-6-10(2)8-15-9-12/h6,8-9,11H,3-5,7,14H2,1-2H3. The monoisotopic (exact) mass is 204 g/mol. The van der Waals surface area contributed by atoms with Crippen LogP contribution in [0.4, 0.5) is 0 Å². The van der Waals surface area contributed by atoms with E-state index in [0.717, 1.165) is 18.8 Å². The van der Waals surface area contributed by atoms with Crippen LogP contribution >= 0.6 is 0 Å². The first-order valence-corrected chi connectivity index (χ1v) is 5.85. The molecule has 2 N–H and O–H groups in total. The van der Waals surface area contributed by atoms with Gasteiger partial charge in [0.1, 0.15) is 0 Å². The number of nitrogens with two attached hydrogens (primary N) is 1. The lowest BCUT2D eigenvalue weighted by atomic mass is 9.88. The molecule has 0 radical (unpaired) electrons. The van der Waals surface area contributed by atoms with Gasteiger partial charge >= 0.3 is 0 Å². The summed E-state index contributed by atoms with van der Waals surface area (Å²) in [5.41, 5.74) is 8.79. The minimum Gasteiger partial charge on any atom is -0.321 e. The van der Waals surface area contributed by atoms with Gasteiger partial charge in [0.05, 0.1) is 0 Å². The second-order valence-corrected chi connectivity index (χ2v) is 4.92. The molecule has 2 unspecified atom stereocenters. The maximum absolute atomic E-state index is 6.48. The molecule has 0 bridgehead atoms. The van der Waals surface area contributed by atoms with Crippen molar-refractivity contribution >= 4 is 0 Å². The van der Waals surface area contributed by atoms with Gasteiger partial charge in [0, 0.05) is 17.9 Å². The summed E-state index contributed by atoms with van der Waals surface area (Å²) in [6.07, 6.45) is 8.56. The van der Waals surface area contributed by atoms with Crippen LogP contribution in [0.5, 0.6) is 0 Å². The molecule has 15 heavy (non-hydrogen) atoms. The van der Waals surface area contributed by atoms with Crippen molar-refractivity contribution < 1.29 is 0 Å². The van der Waals surface area contributed by atoms with Crippen LogP contribution in [0.15, 0.2) is 18.5 Å². The number of pyridine rings is 1. The molecule has 0 spiro atoms. The van der Waals surface area contributed by atoms with Crippen LogP contribution in [-0.2, 0) is 5.54 Å². The summed E-state index contributed by atoms with van der Waals surface area (Å²) in [4.78, 5) is 4.24. The molecule has 2 atom stereocenters. The predicted octanol–water partition coefficient (Wildman–Crippen LogP) is 2.75. The maximum Gasteiger partial charge on any atom is 0.0427 e. The van der Waals surface area contributed by atoms with Crippen molar-refractivity contribution in [2.45, 2.75) is 45.1 Å². The van der Waals surface area contributed by atoms with E-state index in [1.807, 2.05) is 12.4 Å². The third-order valence-corrected chi connectivity index (χ3v) is 3.68. The zero-order valence-electron chi connectivity index (χ0n) is 9.66. The molecule has 1 aromatic heterocycles. The second kappa shape index (κ2) is 3.93. The molecule has 82 valence electrons. The van der Waals surface area contributed by atoms with E-state index in [9.17, 15) is 0 Å². The molecular formula is C13H20N2. The molecule has 1 aliphatic rings. The van der Waals surface area contributed by atoms with Crippen molar-refractivity contribution in [3.63, 3.8) is 0 Å². The Morgan fingerprint density at radius 3 is 2.93 bits per heavy atom. The molecule has 0 aromatic carbocycles. The van der Waals surface area contributed by atoms with Crippen molar-refractivity contribution in [3.8, 4) is 0 Å². The number of rotatable bonds is 2. The zero-order valence-corrected chi connectivity index (χ0v) is 9.66. The van der Waals surface area contributed by atoms with E-state index < -0.39 is 0 Å². The van der Waals surface area contributed by atoms with Crippen LogP contribution in [-0.4, -0.2) is 4.98 Å². The van der Waals surface area contributed by atoms with Gasteiger partial charge < -0.3 is 5.73 Å². The molecule has 1 aromatic rings. The van der Waals surface area contributed by atoms with Crippen LogP contribution in [0.1, 0.15) is 43.7 Å². The smallest absolute Gasteiger partial charge is 0.0427 e. The summed E-state index contributed by atoms with van der Waals surface area (Å²) in [7, 11) is 0. The Hall–Kier alpha value is -0.890. The average molecular weight is 204 g/mol. The van der Waals surface area contributed by atoms with Gasteiger partial charge in [-0.2, -0.15) is 0 Å². The number of hydrogen-bond acceptors (Lipinski definition) is 2. The van der Waals surface area contributed by atoms with E-state index in [1.165, 1.54) is 24.0 Å². The van der Waals surface area contributed by atoms with E-state index >= 15 is 0 Å². The van der Waals surface area contributed by atoms with Gasteiger partial charge in [0.25, 0.3) is 0 Å². The molecule has 2 heteroatoms. The fourth-order valence-electron chi connectivity index (χ4n) is 2.62. The van der Waals surface area contributed by atoms with Crippen LogP contribution in [0.2, 0.25) is 0 Å². The Balaban J connectivity index is 2.23. The SMILES string of the molecule is CCC1CCC(N)(c2cncc(C)c2)C1. The molecule has 1 saturated carbocycles. The number of aromatic nitrogens is 1. The Bertz CT molecular complexity index is 348. The zero-order chi connectivity index (χ0) is 10.9. The largest absolute Gasteiger partial charge is 0.321 e. The van der Waals surface area contributed by atoms with Crippen LogP contribution in [0.3, 0.4) is 0 Å². The molecule has 0 amide bonds. The molecule has 0 aliphatic heterocycles. The summed E-state index contributed by atoms with van der Waals surface area (Å²) < 4.78 is 0. The summed E-state index contributed by atoms with van der Waals surface area (Å²) in [6, 6.07) is 2.19. The van der Waals surface area contributed by atoms with Crippen LogP contribution in [0.25, 0.3) is 0 Å². The fraction of sp³-hybridized carbons (Fsp3) is 0.615. The van der Waals surface area contributed by atoms with Crippen LogP contribution in [0, 0.1) is 12.8 Å². The van der Waals surface area contributed by atoms with Crippen molar-refractivity contribution in [2.24, 2.45) is 11.7 Å². The topological polar surface area (TPSA) is 38.9 Å². The van der Waals surface area contributed by atoms with Gasteiger partial charge in [-0.15, -0.1) is 0 Å². The number of nitrogens with zero attached hydrogens (tertiary/aromatic N) is 1. The minimum atomic E-state index is -0.111. The van der Waals surface area contributed by atoms with Crippen molar-refractivity contribution in [2.75, 3.05) is 0 Å². The van der Waals surface area contributed by atoms with E-state index in [0.29, 0.717) is 0 Å². The highest BCUT2D eigenvalue weighted by Crippen LogP contribution is 2.41. The fourth-order valence-corrected chi connectivity index (χ4v) is 2.62. The lowest BCUT2D eigenvalue weighted by Crippen LogP contribution is -2.33. The first kappa shape index (κ1) is 10.6. The molecular weight excluding hydrogens is 184 g/mol. The minimum absolute atomic E-state index is 0.111. The van der Waals surface area contributed by atoms with Crippen molar-refractivity contribution in [1.29, 1.82) is 0 Å². The summed E-state index contributed by atoms with van der Waals surface area (Å²) in [5, 5.41) is 0. The molecule has 2 nitrogen and oxygen atoms in total. The Kier molecular flexibility index (Phi) is 2.79. The molecule has 1 aliphatic carbocycles. The van der Waals surface area contributed by atoms with Gasteiger partial charge in [-0.05, 0) is 43.2 Å². The van der Waals surface area contributed by atoms with E-state index in [-0.39, 0.29) is 5.54 Å². The Morgan fingerprint density at radius 2 is 2.33 bits per heavy atom. The van der Waals surface area contributed by atoms with Gasteiger partial charge in [-0.25, -0.2) is 0 Å². The summed E-state index contributed by atoms with van der Waals surface area (Å²) in [6.45, 7) is 4.33. The third kappa shape index (κ3) is 2.05. The summed E-state index contributed by atoms with van der Waals surface area (Å²) >= 11 is 0. The van der Waals surface area contributed by atoms with Gasteiger partial charge in [-0.3, -0.25) is 4.98 Å². The highest BCUT2D eigenvalue weighted by molar-refractivity contribution is 5.25. The Morgan fingerprint density at radius 1 is 1.53 bits per heavy atom. The first-order chi connectivity index (χ1) is 7.14. The molecule has 1 fully saturated rings. The lowest BCUT2D eigenvalue weighted by Gasteiger charge is -2.24. The molecule has 2 rings (SSSR count). The highest BCUT2D eigenvalue weighted by Gasteiger charge is 2.36. The third-order valence-electron chi connectivity index (χ3n) is 3.68. The second-order valence-electron chi connectivity index (χ2n) is 4.92. The number of hydrogen-bond donors (Lipinski definition) is 1. The predicted molar refractivity (Wildman–Crippen MR) is 62.5 cm³/mol. The first-order valence-electron chi connectivity index (χ1n) is 5.85. The van der Waals surface area contributed by atoms with E-state index in [2.05, 4.69) is 24.9 Å². The Labute approximate surface area is 91.9 Å². The molecule has 1 heterocycles. The lowest BCUT2D eigenvalue weighted by molar-refractivity contribution is 0.423. The molecule has 0 saturated heterocycles. The quantitative estimate of drug-likeness (QED) is 0.804. The number of aryl methyl sites for hydroxylation is 1. The highest BCUT2D eigenvalue weighted by atomic mass is 14.8. The van der Waals surface area contributed by atoms with Gasteiger partial charge in [0.15, 0.2) is 0 Å².